The summed E-state index contributed by atoms with van der Waals surface area (Å²) in [5, 5.41) is 5.32. The van der Waals surface area contributed by atoms with Crippen LogP contribution in [0.25, 0.3) is 22.3 Å². The molecule has 0 aliphatic rings. The lowest BCUT2D eigenvalue weighted by atomic mass is 10.2. The number of hydrogen-bond acceptors (Lipinski definition) is 5. The molecule has 0 aliphatic heterocycles. The minimum Gasteiger partial charge on any atom is -0.451 e. The molecule has 0 bridgehead atoms. The van der Waals surface area contributed by atoms with Gasteiger partial charge >= 0.3 is 5.97 Å². The molecule has 2 heterocycles. The number of benzene rings is 2. The van der Waals surface area contributed by atoms with Crippen LogP contribution in [0.3, 0.4) is 0 Å². The molecule has 4 aromatic rings. The maximum Gasteiger partial charge on any atom is 0.355 e. The van der Waals surface area contributed by atoms with Crippen molar-refractivity contribution in [2.45, 2.75) is 6.61 Å². The van der Waals surface area contributed by atoms with Crippen LogP contribution in [0.5, 0.6) is 0 Å². The Morgan fingerprint density at radius 3 is 2.80 bits per heavy atom. The highest BCUT2D eigenvalue weighted by molar-refractivity contribution is 6.33. The SMILES string of the molecule is O=C(OCc1nc(-c2ccccc2Cl)no1)c1cc2ccccc2[nH]1. The molecule has 0 amide bonds. The van der Waals surface area contributed by atoms with Crippen molar-refractivity contribution in [2.24, 2.45) is 0 Å². The number of ether oxygens (including phenoxy) is 1. The zero-order chi connectivity index (χ0) is 17.2. The van der Waals surface area contributed by atoms with E-state index < -0.39 is 5.97 Å². The van der Waals surface area contributed by atoms with Gasteiger partial charge in [0.05, 0.1) is 5.02 Å². The first-order valence-corrected chi connectivity index (χ1v) is 7.91. The van der Waals surface area contributed by atoms with Crippen LogP contribution >= 0.6 is 11.6 Å². The summed E-state index contributed by atoms with van der Waals surface area (Å²) in [5.74, 6) is 0.0512. The lowest BCUT2D eigenvalue weighted by molar-refractivity contribution is 0.0424. The van der Waals surface area contributed by atoms with Crippen molar-refractivity contribution in [3.8, 4) is 11.4 Å². The summed E-state index contributed by atoms with van der Waals surface area (Å²) >= 11 is 6.10. The molecule has 1 N–H and O–H groups in total. The molecule has 124 valence electrons. The van der Waals surface area contributed by atoms with Gasteiger partial charge in [-0.1, -0.05) is 47.1 Å². The topological polar surface area (TPSA) is 81.0 Å². The van der Waals surface area contributed by atoms with Gasteiger partial charge in [-0.15, -0.1) is 0 Å². The van der Waals surface area contributed by atoms with Crippen molar-refractivity contribution in [1.82, 2.24) is 15.1 Å². The highest BCUT2D eigenvalue weighted by Crippen LogP contribution is 2.25. The molecule has 6 nitrogen and oxygen atoms in total. The largest absolute Gasteiger partial charge is 0.451 e. The third-order valence-electron chi connectivity index (χ3n) is 3.66. The number of nitrogens with one attached hydrogen (secondary N) is 1. The van der Waals surface area contributed by atoms with E-state index in [1.54, 1.807) is 18.2 Å². The molecule has 0 unspecified atom stereocenters. The van der Waals surface area contributed by atoms with Crippen LogP contribution in [-0.2, 0) is 11.3 Å². The Hall–Kier alpha value is -3.12. The lowest BCUT2D eigenvalue weighted by Gasteiger charge is -1.99. The van der Waals surface area contributed by atoms with Crippen molar-refractivity contribution in [1.29, 1.82) is 0 Å². The molecular formula is C18H12ClN3O3. The van der Waals surface area contributed by atoms with E-state index in [2.05, 4.69) is 15.1 Å². The van der Waals surface area contributed by atoms with E-state index >= 15 is 0 Å². The molecule has 0 fully saturated rings. The van der Waals surface area contributed by atoms with E-state index in [1.807, 2.05) is 36.4 Å². The Kier molecular flexibility index (Phi) is 3.95. The molecule has 0 radical (unpaired) electrons. The molecule has 0 atom stereocenters. The molecule has 25 heavy (non-hydrogen) atoms. The third-order valence-corrected chi connectivity index (χ3v) is 3.99. The van der Waals surface area contributed by atoms with E-state index in [0.29, 0.717) is 22.1 Å². The van der Waals surface area contributed by atoms with E-state index in [0.717, 1.165) is 10.9 Å². The summed E-state index contributed by atoms with van der Waals surface area (Å²) in [7, 11) is 0. The van der Waals surface area contributed by atoms with Crippen LogP contribution in [0.4, 0.5) is 0 Å². The number of halogens is 1. The third kappa shape index (κ3) is 3.12. The molecule has 7 heteroatoms. The van der Waals surface area contributed by atoms with E-state index in [-0.39, 0.29) is 12.5 Å². The Morgan fingerprint density at radius 2 is 1.96 bits per heavy atom. The monoisotopic (exact) mass is 353 g/mol. The van der Waals surface area contributed by atoms with Gasteiger partial charge < -0.3 is 14.2 Å². The molecule has 0 saturated carbocycles. The smallest absolute Gasteiger partial charge is 0.355 e. The fourth-order valence-corrected chi connectivity index (χ4v) is 2.67. The molecular weight excluding hydrogens is 342 g/mol. The fraction of sp³-hybridized carbons (Fsp3) is 0.0556. The standard InChI is InChI=1S/C18H12ClN3O3/c19-13-7-3-2-6-12(13)17-21-16(25-22-17)10-24-18(23)15-9-11-5-1-4-8-14(11)20-15/h1-9,20H,10H2. The average Bonchev–Trinajstić information content (AvgIpc) is 3.27. The Morgan fingerprint density at radius 1 is 1.16 bits per heavy atom. The van der Waals surface area contributed by atoms with Gasteiger partial charge in [0.2, 0.25) is 5.82 Å². The zero-order valence-electron chi connectivity index (χ0n) is 12.9. The molecule has 0 saturated heterocycles. The number of H-pyrrole nitrogens is 1. The summed E-state index contributed by atoms with van der Waals surface area (Å²) in [6, 6.07) is 16.5. The number of hydrogen-bond donors (Lipinski definition) is 1. The summed E-state index contributed by atoms with van der Waals surface area (Å²) < 4.78 is 10.3. The minimum atomic E-state index is -0.492. The number of esters is 1. The quantitative estimate of drug-likeness (QED) is 0.555. The van der Waals surface area contributed by atoms with Gasteiger partial charge in [0.25, 0.3) is 5.89 Å². The molecule has 4 rings (SSSR count). The molecule has 2 aromatic carbocycles. The summed E-state index contributed by atoms with van der Waals surface area (Å²) in [6.45, 7) is -0.119. The first-order chi connectivity index (χ1) is 12.2. The van der Waals surface area contributed by atoms with Crippen molar-refractivity contribution in [3.05, 3.63) is 71.2 Å². The number of rotatable bonds is 4. The van der Waals surface area contributed by atoms with Crippen LogP contribution in [0, 0.1) is 0 Å². The number of fused-ring (bicyclic) bond motifs is 1. The van der Waals surface area contributed by atoms with Crippen molar-refractivity contribution in [2.75, 3.05) is 0 Å². The Labute approximate surface area is 147 Å². The average molecular weight is 354 g/mol. The van der Waals surface area contributed by atoms with Gasteiger partial charge in [0.1, 0.15) is 5.69 Å². The normalized spacial score (nSPS) is 10.9. The molecule has 2 aromatic heterocycles. The minimum absolute atomic E-state index is 0.119. The van der Waals surface area contributed by atoms with Gasteiger partial charge in [-0.2, -0.15) is 4.98 Å². The summed E-state index contributed by atoms with van der Waals surface area (Å²) in [5.41, 5.74) is 1.89. The number of aromatic amines is 1. The second-order valence-corrected chi connectivity index (χ2v) is 5.75. The predicted octanol–water partition coefficient (Wildman–Crippen LogP) is 4.23. The predicted molar refractivity (Wildman–Crippen MR) is 92.2 cm³/mol. The van der Waals surface area contributed by atoms with Gasteiger partial charge in [0, 0.05) is 16.5 Å². The molecule has 0 aliphatic carbocycles. The maximum absolute atomic E-state index is 12.2. The van der Waals surface area contributed by atoms with Gasteiger partial charge in [-0.25, -0.2) is 4.79 Å². The number of carbonyl (C=O) groups is 1. The van der Waals surface area contributed by atoms with E-state index in [9.17, 15) is 4.79 Å². The summed E-state index contributed by atoms with van der Waals surface area (Å²) in [6.07, 6.45) is 0. The summed E-state index contributed by atoms with van der Waals surface area (Å²) in [4.78, 5) is 19.4. The Balaban J connectivity index is 1.46. The second kappa shape index (κ2) is 6.41. The highest BCUT2D eigenvalue weighted by atomic mass is 35.5. The van der Waals surface area contributed by atoms with Crippen molar-refractivity contribution >= 4 is 28.5 Å². The van der Waals surface area contributed by atoms with E-state index in [4.69, 9.17) is 20.9 Å². The molecule has 0 spiro atoms. The zero-order valence-corrected chi connectivity index (χ0v) is 13.7. The number of aromatic nitrogens is 3. The van der Waals surface area contributed by atoms with E-state index in [1.165, 1.54) is 0 Å². The number of nitrogens with zero attached hydrogens (tertiary/aromatic N) is 2. The first-order valence-electron chi connectivity index (χ1n) is 7.53. The highest BCUT2D eigenvalue weighted by Gasteiger charge is 2.15. The van der Waals surface area contributed by atoms with Crippen LogP contribution in [-0.4, -0.2) is 21.1 Å². The van der Waals surface area contributed by atoms with Crippen LogP contribution in [0.2, 0.25) is 5.02 Å². The van der Waals surface area contributed by atoms with Crippen molar-refractivity contribution < 1.29 is 14.1 Å². The van der Waals surface area contributed by atoms with Gasteiger partial charge in [-0.3, -0.25) is 0 Å². The Bertz CT molecular complexity index is 1020. The van der Waals surface area contributed by atoms with Crippen molar-refractivity contribution in [3.63, 3.8) is 0 Å². The number of para-hydroxylation sites is 1. The fourth-order valence-electron chi connectivity index (χ4n) is 2.45. The number of carbonyl (C=O) groups excluding carboxylic acids is 1. The van der Waals surface area contributed by atoms with Crippen LogP contribution in [0.15, 0.2) is 59.1 Å². The van der Waals surface area contributed by atoms with Gasteiger partial charge in [-0.05, 0) is 24.3 Å². The van der Waals surface area contributed by atoms with Crippen LogP contribution in [0.1, 0.15) is 16.4 Å². The first kappa shape index (κ1) is 15.4. The maximum atomic E-state index is 12.2. The van der Waals surface area contributed by atoms with Crippen LogP contribution < -0.4 is 0 Å². The second-order valence-electron chi connectivity index (χ2n) is 5.34. The lowest BCUT2D eigenvalue weighted by Crippen LogP contribution is -2.05. The van der Waals surface area contributed by atoms with Gasteiger partial charge in [0.15, 0.2) is 6.61 Å².